The number of halogens is 1. The molecule has 1 saturated carbocycles. The zero-order valence-electron chi connectivity index (χ0n) is 19.5. The van der Waals surface area contributed by atoms with Gasteiger partial charge in [0.25, 0.3) is 5.91 Å². The number of para-hydroxylation sites is 1. The molecule has 0 spiro atoms. The van der Waals surface area contributed by atoms with Crippen LogP contribution in [0.1, 0.15) is 34.3 Å². The third-order valence-electron chi connectivity index (χ3n) is 6.55. The molecule has 35 heavy (non-hydrogen) atoms. The average molecular weight is 486 g/mol. The van der Waals surface area contributed by atoms with Gasteiger partial charge in [-0.3, -0.25) is 9.59 Å². The fraction of sp³-hybridized carbons (Fsp3) is 0.241. The highest BCUT2D eigenvalue weighted by atomic mass is 35.5. The van der Waals surface area contributed by atoms with Crippen molar-refractivity contribution < 1.29 is 9.59 Å². The van der Waals surface area contributed by atoms with Gasteiger partial charge in [0, 0.05) is 36.2 Å². The second-order valence-electron chi connectivity index (χ2n) is 9.05. The van der Waals surface area contributed by atoms with Crippen LogP contribution in [0.15, 0.2) is 85.1 Å². The molecule has 178 valence electrons. The monoisotopic (exact) mass is 485 g/mol. The standard InChI is InChI=1S/C29H28ClN3O2/c30-26-12-6-4-11-25(26)29(35)33(23-14-15-23)20-28(34)32(19-21-8-2-1-3-9-21)17-16-22-18-31-27-13-7-5-10-24(22)27/h1-13,18,23,31H,14-17,19-20H2. The molecule has 0 radical (unpaired) electrons. The Morgan fingerprint density at radius 1 is 0.914 bits per heavy atom. The third-order valence-corrected chi connectivity index (χ3v) is 6.88. The number of aromatic amines is 1. The fourth-order valence-electron chi connectivity index (χ4n) is 4.48. The Balaban J connectivity index is 1.35. The molecule has 0 bridgehead atoms. The molecule has 3 aromatic carbocycles. The molecule has 2 amide bonds. The molecule has 6 heteroatoms. The van der Waals surface area contributed by atoms with E-state index in [2.05, 4.69) is 17.1 Å². The Morgan fingerprint density at radius 3 is 2.40 bits per heavy atom. The Labute approximate surface area is 210 Å². The predicted octanol–water partition coefficient (Wildman–Crippen LogP) is 5.70. The number of rotatable bonds is 9. The highest BCUT2D eigenvalue weighted by molar-refractivity contribution is 6.33. The number of hydrogen-bond acceptors (Lipinski definition) is 2. The zero-order chi connectivity index (χ0) is 24.2. The van der Waals surface area contributed by atoms with Crippen LogP contribution in [0.4, 0.5) is 0 Å². The first kappa shape index (κ1) is 23.2. The largest absolute Gasteiger partial charge is 0.361 e. The van der Waals surface area contributed by atoms with Crippen molar-refractivity contribution >= 4 is 34.3 Å². The molecule has 0 saturated heterocycles. The number of carbonyl (C=O) groups is 2. The first-order chi connectivity index (χ1) is 17.1. The fourth-order valence-corrected chi connectivity index (χ4v) is 4.69. The number of hydrogen-bond donors (Lipinski definition) is 1. The smallest absolute Gasteiger partial charge is 0.256 e. The molecular weight excluding hydrogens is 458 g/mol. The lowest BCUT2D eigenvalue weighted by Crippen LogP contribution is -2.44. The SMILES string of the molecule is O=C(CN(C(=O)c1ccccc1Cl)C1CC1)N(CCc1c[nH]c2ccccc12)Cc1ccccc1. The van der Waals surface area contributed by atoms with E-state index in [0.29, 0.717) is 23.7 Å². The molecule has 1 aliphatic carbocycles. The van der Waals surface area contributed by atoms with Crippen LogP contribution in [0.25, 0.3) is 10.9 Å². The maximum Gasteiger partial charge on any atom is 0.256 e. The Hall–Kier alpha value is -3.57. The van der Waals surface area contributed by atoms with E-state index >= 15 is 0 Å². The van der Waals surface area contributed by atoms with Crippen LogP contribution in [0.2, 0.25) is 5.02 Å². The Morgan fingerprint density at radius 2 is 1.63 bits per heavy atom. The van der Waals surface area contributed by atoms with Gasteiger partial charge in [-0.05, 0) is 48.6 Å². The van der Waals surface area contributed by atoms with Gasteiger partial charge in [-0.1, -0.05) is 72.3 Å². The summed E-state index contributed by atoms with van der Waals surface area (Å²) in [7, 11) is 0. The highest BCUT2D eigenvalue weighted by Gasteiger charge is 2.35. The van der Waals surface area contributed by atoms with Crippen molar-refractivity contribution in [3.8, 4) is 0 Å². The second-order valence-corrected chi connectivity index (χ2v) is 9.46. The van der Waals surface area contributed by atoms with Crippen LogP contribution >= 0.6 is 11.6 Å². The van der Waals surface area contributed by atoms with Crippen LogP contribution < -0.4 is 0 Å². The lowest BCUT2D eigenvalue weighted by Gasteiger charge is -2.28. The molecule has 1 fully saturated rings. The minimum Gasteiger partial charge on any atom is -0.361 e. The van der Waals surface area contributed by atoms with Gasteiger partial charge in [-0.15, -0.1) is 0 Å². The van der Waals surface area contributed by atoms with Crippen molar-refractivity contribution in [1.82, 2.24) is 14.8 Å². The number of amides is 2. The van der Waals surface area contributed by atoms with E-state index < -0.39 is 0 Å². The third kappa shape index (κ3) is 5.41. The minimum absolute atomic E-state index is 0.0510. The highest BCUT2D eigenvalue weighted by Crippen LogP contribution is 2.30. The first-order valence-corrected chi connectivity index (χ1v) is 12.4. The minimum atomic E-state index is -0.178. The van der Waals surface area contributed by atoms with Crippen molar-refractivity contribution in [3.63, 3.8) is 0 Å². The summed E-state index contributed by atoms with van der Waals surface area (Å²) in [5.74, 6) is -0.233. The van der Waals surface area contributed by atoms with E-state index in [9.17, 15) is 9.59 Å². The summed E-state index contributed by atoms with van der Waals surface area (Å²) < 4.78 is 0. The quantitative estimate of drug-likeness (QED) is 0.330. The molecular formula is C29H28ClN3O2. The van der Waals surface area contributed by atoms with Crippen molar-refractivity contribution in [1.29, 1.82) is 0 Å². The summed E-state index contributed by atoms with van der Waals surface area (Å²) in [6, 6.07) is 25.3. The number of nitrogens with zero attached hydrogens (tertiary/aromatic N) is 2. The summed E-state index contributed by atoms with van der Waals surface area (Å²) in [5, 5.41) is 1.59. The number of H-pyrrole nitrogens is 1. The van der Waals surface area contributed by atoms with Crippen LogP contribution in [-0.4, -0.2) is 45.7 Å². The molecule has 1 heterocycles. The average Bonchev–Trinajstić information content (AvgIpc) is 3.65. The summed E-state index contributed by atoms with van der Waals surface area (Å²) in [5.41, 5.74) is 3.78. The van der Waals surface area contributed by atoms with E-state index in [1.54, 1.807) is 29.2 Å². The number of nitrogens with one attached hydrogen (secondary N) is 1. The van der Waals surface area contributed by atoms with Crippen LogP contribution in [0, 0.1) is 0 Å². The summed E-state index contributed by atoms with van der Waals surface area (Å²) >= 11 is 6.30. The zero-order valence-corrected chi connectivity index (χ0v) is 20.2. The second kappa shape index (κ2) is 10.4. The van der Waals surface area contributed by atoms with Crippen LogP contribution in [0.3, 0.4) is 0 Å². The van der Waals surface area contributed by atoms with Gasteiger partial charge in [0.05, 0.1) is 10.6 Å². The molecule has 0 atom stereocenters. The molecule has 5 rings (SSSR count). The molecule has 1 N–H and O–H groups in total. The van der Waals surface area contributed by atoms with Gasteiger partial charge >= 0.3 is 0 Å². The van der Waals surface area contributed by atoms with Crippen molar-refractivity contribution in [2.75, 3.05) is 13.1 Å². The normalized spacial score (nSPS) is 13.1. The van der Waals surface area contributed by atoms with Gasteiger partial charge < -0.3 is 14.8 Å². The number of aromatic nitrogens is 1. The van der Waals surface area contributed by atoms with Gasteiger partial charge in [0.15, 0.2) is 0 Å². The number of fused-ring (bicyclic) bond motifs is 1. The molecule has 5 nitrogen and oxygen atoms in total. The van der Waals surface area contributed by atoms with Gasteiger partial charge in [-0.25, -0.2) is 0 Å². The van der Waals surface area contributed by atoms with Crippen LogP contribution in [-0.2, 0) is 17.8 Å². The van der Waals surface area contributed by atoms with E-state index in [1.807, 2.05) is 53.6 Å². The van der Waals surface area contributed by atoms with Crippen molar-refractivity contribution in [2.24, 2.45) is 0 Å². The first-order valence-electron chi connectivity index (χ1n) is 12.0. The predicted molar refractivity (Wildman–Crippen MR) is 139 cm³/mol. The lowest BCUT2D eigenvalue weighted by atomic mass is 10.1. The summed E-state index contributed by atoms with van der Waals surface area (Å²) in [4.78, 5) is 33.8. The maximum atomic E-state index is 13.6. The summed E-state index contributed by atoms with van der Waals surface area (Å²) in [6.07, 6.45) is 4.58. The number of benzene rings is 3. The molecule has 1 aliphatic rings. The topological polar surface area (TPSA) is 56.4 Å². The van der Waals surface area contributed by atoms with E-state index in [4.69, 9.17) is 11.6 Å². The Kier molecular flexibility index (Phi) is 6.87. The van der Waals surface area contributed by atoms with Crippen molar-refractivity contribution in [3.05, 3.63) is 107 Å². The Bertz CT molecular complexity index is 1330. The maximum absolute atomic E-state index is 13.6. The van der Waals surface area contributed by atoms with Crippen LogP contribution in [0.5, 0.6) is 0 Å². The van der Waals surface area contributed by atoms with E-state index in [0.717, 1.165) is 30.3 Å². The van der Waals surface area contributed by atoms with Crippen molar-refractivity contribution in [2.45, 2.75) is 31.8 Å². The molecule has 0 unspecified atom stereocenters. The van der Waals surface area contributed by atoms with E-state index in [-0.39, 0.29) is 24.4 Å². The van der Waals surface area contributed by atoms with Gasteiger partial charge in [0.1, 0.15) is 6.54 Å². The van der Waals surface area contributed by atoms with Gasteiger partial charge in [-0.2, -0.15) is 0 Å². The molecule has 0 aliphatic heterocycles. The molecule has 4 aromatic rings. The lowest BCUT2D eigenvalue weighted by molar-refractivity contribution is -0.132. The summed E-state index contributed by atoms with van der Waals surface area (Å²) in [6.45, 7) is 1.12. The van der Waals surface area contributed by atoms with Gasteiger partial charge in [0.2, 0.25) is 5.91 Å². The number of carbonyl (C=O) groups excluding carboxylic acids is 2. The molecule has 1 aromatic heterocycles. The van der Waals surface area contributed by atoms with E-state index in [1.165, 1.54) is 10.9 Å².